The molecule has 0 radical (unpaired) electrons. The van der Waals surface area contributed by atoms with Crippen molar-refractivity contribution in [3.05, 3.63) is 45.7 Å². The van der Waals surface area contributed by atoms with Crippen molar-refractivity contribution in [2.75, 3.05) is 11.4 Å². The molecule has 0 atom stereocenters. The van der Waals surface area contributed by atoms with E-state index in [0.717, 1.165) is 47.1 Å². The van der Waals surface area contributed by atoms with Crippen molar-refractivity contribution in [3.8, 4) is 0 Å². The minimum absolute atomic E-state index is 0.765. The van der Waals surface area contributed by atoms with E-state index in [1.165, 1.54) is 24.1 Å². The molecule has 1 aliphatic rings. The van der Waals surface area contributed by atoms with Crippen LogP contribution in [-0.2, 0) is 6.42 Å². The maximum absolute atomic E-state index is 4.69. The van der Waals surface area contributed by atoms with E-state index >= 15 is 0 Å². The molecule has 1 fully saturated rings. The quantitative estimate of drug-likeness (QED) is 0.682. The number of hydrogen-bond acceptors (Lipinski definition) is 3. The lowest BCUT2D eigenvalue weighted by atomic mass is 10.1. The number of aryl methyl sites for hydroxylation is 3. The van der Waals surface area contributed by atoms with E-state index in [2.05, 4.69) is 55.9 Å². The van der Waals surface area contributed by atoms with Crippen molar-refractivity contribution in [1.29, 1.82) is 0 Å². The minimum atomic E-state index is 0.765. The third kappa shape index (κ3) is 4.11. The molecule has 3 rings (SSSR count). The first kappa shape index (κ1) is 16.4. The summed E-state index contributed by atoms with van der Waals surface area (Å²) in [5.41, 5.74) is 4.58. The number of aromatic nitrogens is 2. The van der Waals surface area contributed by atoms with Gasteiger partial charge >= 0.3 is 0 Å². The zero-order valence-corrected chi connectivity index (χ0v) is 15.7. The second-order valence-corrected chi connectivity index (χ2v) is 7.39. The summed E-state index contributed by atoms with van der Waals surface area (Å²) in [6, 6.07) is 8.70. The predicted molar refractivity (Wildman–Crippen MR) is 99.4 cm³/mol. The fourth-order valence-electron chi connectivity index (χ4n) is 2.89. The Labute approximate surface area is 147 Å². The maximum atomic E-state index is 4.69. The second-order valence-electron chi connectivity index (χ2n) is 6.54. The summed E-state index contributed by atoms with van der Waals surface area (Å²) in [4.78, 5) is 11.6. The van der Waals surface area contributed by atoms with E-state index in [-0.39, 0.29) is 0 Å². The Kier molecular flexibility index (Phi) is 5.00. The standard InChI is InChI=1S/C19H24BrN3/c1-4-5-15-8-9-18(17(20)11-15)23(12-16-6-7-16)19-21-13(2)10-14(3)22-19/h8-11,16H,4-7,12H2,1-3H3. The van der Waals surface area contributed by atoms with Crippen LogP contribution in [0.3, 0.4) is 0 Å². The zero-order valence-electron chi connectivity index (χ0n) is 14.1. The van der Waals surface area contributed by atoms with E-state index in [4.69, 9.17) is 0 Å². The topological polar surface area (TPSA) is 29.0 Å². The highest BCUT2D eigenvalue weighted by atomic mass is 79.9. The molecule has 0 bridgehead atoms. The smallest absolute Gasteiger partial charge is 0.230 e. The molecule has 122 valence electrons. The number of halogens is 1. The zero-order chi connectivity index (χ0) is 16.4. The van der Waals surface area contributed by atoms with Crippen LogP contribution in [0.5, 0.6) is 0 Å². The lowest BCUT2D eigenvalue weighted by Crippen LogP contribution is -2.23. The van der Waals surface area contributed by atoms with Gasteiger partial charge in [-0.25, -0.2) is 9.97 Å². The monoisotopic (exact) mass is 373 g/mol. The molecule has 0 unspecified atom stereocenters. The molecule has 1 aromatic heterocycles. The van der Waals surface area contributed by atoms with Crippen molar-refractivity contribution in [2.24, 2.45) is 5.92 Å². The molecule has 3 nitrogen and oxygen atoms in total. The van der Waals surface area contributed by atoms with E-state index in [1.54, 1.807) is 0 Å². The first-order chi connectivity index (χ1) is 11.1. The van der Waals surface area contributed by atoms with Gasteiger partial charge in [-0.05, 0) is 78.7 Å². The summed E-state index contributed by atoms with van der Waals surface area (Å²) in [7, 11) is 0. The number of rotatable bonds is 6. The average Bonchev–Trinajstić information content (AvgIpc) is 3.29. The second kappa shape index (κ2) is 7.00. The van der Waals surface area contributed by atoms with E-state index < -0.39 is 0 Å². The predicted octanol–water partition coefficient (Wildman–Crippen LogP) is 5.36. The molecular formula is C19H24BrN3. The molecular weight excluding hydrogens is 350 g/mol. The molecule has 4 heteroatoms. The van der Waals surface area contributed by atoms with Crippen LogP contribution in [0.2, 0.25) is 0 Å². The van der Waals surface area contributed by atoms with Gasteiger partial charge < -0.3 is 4.90 Å². The van der Waals surface area contributed by atoms with Crippen molar-refractivity contribution in [3.63, 3.8) is 0 Å². The Morgan fingerprint density at radius 2 is 1.83 bits per heavy atom. The van der Waals surface area contributed by atoms with Gasteiger partial charge in [-0.1, -0.05) is 19.4 Å². The van der Waals surface area contributed by atoms with Crippen LogP contribution >= 0.6 is 15.9 Å². The molecule has 0 N–H and O–H groups in total. The van der Waals surface area contributed by atoms with Crippen LogP contribution in [0, 0.1) is 19.8 Å². The lowest BCUT2D eigenvalue weighted by molar-refractivity contribution is 0.785. The number of hydrogen-bond donors (Lipinski definition) is 0. The first-order valence-corrected chi connectivity index (χ1v) is 9.24. The van der Waals surface area contributed by atoms with Crippen LogP contribution in [0.4, 0.5) is 11.6 Å². The molecule has 1 heterocycles. The van der Waals surface area contributed by atoms with Crippen molar-refractivity contribution in [1.82, 2.24) is 9.97 Å². The Balaban J connectivity index is 1.98. The largest absolute Gasteiger partial charge is 0.309 e. The number of anilines is 2. The Morgan fingerprint density at radius 3 is 2.39 bits per heavy atom. The summed E-state index contributed by atoms with van der Waals surface area (Å²) in [6.07, 6.45) is 4.90. The van der Waals surface area contributed by atoms with Crippen molar-refractivity contribution >= 4 is 27.6 Å². The normalized spacial score (nSPS) is 14.1. The summed E-state index contributed by atoms with van der Waals surface area (Å²) < 4.78 is 1.13. The van der Waals surface area contributed by atoms with Gasteiger partial charge in [0.2, 0.25) is 5.95 Å². The van der Waals surface area contributed by atoms with E-state index in [1.807, 2.05) is 19.9 Å². The van der Waals surface area contributed by atoms with Crippen LogP contribution in [0.15, 0.2) is 28.7 Å². The van der Waals surface area contributed by atoms with Gasteiger partial charge in [0, 0.05) is 22.4 Å². The highest BCUT2D eigenvalue weighted by molar-refractivity contribution is 9.10. The van der Waals surface area contributed by atoms with Crippen LogP contribution in [0.1, 0.15) is 43.1 Å². The average molecular weight is 374 g/mol. The van der Waals surface area contributed by atoms with Gasteiger partial charge in [0.05, 0.1) is 5.69 Å². The molecule has 0 amide bonds. The molecule has 1 aliphatic carbocycles. The third-order valence-corrected chi connectivity index (χ3v) is 4.83. The van der Waals surface area contributed by atoms with Gasteiger partial charge in [0.25, 0.3) is 0 Å². The fourth-order valence-corrected chi connectivity index (χ4v) is 3.53. The van der Waals surface area contributed by atoms with Gasteiger partial charge in [0.1, 0.15) is 0 Å². The number of benzene rings is 1. The van der Waals surface area contributed by atoms with Crippen LogP contribution in [0.25, 0.3) is 0 Å². The molecule has 23 heavy (non-hydrogen) atoms. The summed E-state index contributed by atoms with van der Waals surface area (Å²) in [6.45, 7) is 7.28. The van der Waals surface area contributed by atoms with E-state index in [9.17, 15) is 0 Å². The molecule has 1 aromatic carbocycles. The highest BCUT2D eigenvalue weighted by Crippen LogP contribution is 2.37. The summed E-state index contributed by atoms with van der Waals surface area (Å²) in [5.74, 6) is 1.58. The summed E-state index contributed by atoms with van der Waals surface area (Å²) >= 11 is 3.77. The molecule has 0 aliphatic heterocycles. The summed E-state index contributed by atoms with van der Waals surface area (Å²) in [5, 5.41) is 0. The highest BCUT2D eigenvalue weighted by Gasteiger charge is 2.27. The fraction of sp³-hybridized carbons (Fsp3) is 0.474. The lowest BCUT2D eigenvalue weighted by Gasteiger charge is -2.25. The van der Waals surface area contributed by atoms with Crippen LogP contribution < -0.4 is 4.90 Å². The van der Waals surface area contributed by atoms with Crippen LogP contribution in [-0.4, -0.2) is 16.5 Å². The SMILES string of the molecule is CCCc1ccc(N(CC2CC2)c2nc(C)cc(C)n2)c(Br)c1. The van der Waals surface area contributed by atoms with Crippen molar-refractivity contribution in [2.45, 2.75) is 46.5 Å². The van der Waals surface area contributed by atoms with Gasteiger partial charge in [-0.2, -0.15) is 0 Å². The van der Waals surface area contributed by atoms with Gasteiger partial charge in [-0.3, -0.25) is 0 Å². The molecule has 0 saturated heterocycles. The maximum Gasteiger partial charge on any atom is 0.230 e. The Hall–Kier alpha value is -1.42. The Morgan fingerprint density at radius 1 is 1.13 bits per heavy atom. The molecule has 1 saturated carbocycles. The van der Waals surface area contributed by atoms with Gasteiger partial charge in [-0.15, -0.1) is 0 Å². The number of nitrogens with zero attached hydrogens (tertiary/aromatic N) is 3. The van der Waals surface area contributed by atoms with Gasteiger partial charge in [0.15, 0.2) is 0 Å². The first-order valence-electron chi connectivity index (χ1n) is 8.45. The Bertz CT molecular complexity index is 675. The van der Waals surface area contributed by atoms with E-state index in [0.29, 0.717) is 0 Å². The molecule has 0 spiro atoms. The minimum Gasteiger partial charge on any atom is -0.309 e. The van der Waals surface area contributed by atoms with Crippen molar-refractivity contribution < 1.29 is 0 Å². The molecule has 2 aromatic rings. The third-order valence-electron chi connectivity index (χ3n) is 4.19.